The van der Waals surface area contributed by atoms with Crippen LogP contribution in [-0.2, 0) is 10.0 Å². The van der Waals surface area contributed by atoms with E-state index in [0.717, 1.165) is 6.07 Å². The van der Waals surface area contributed by atoms with Crippen molar-refractivity contribution in [1.29, 1.82) is 0 Å². The van der Waals surface area contributed by atoms with E-state index < -0.39 is 26.6 Å². The van der Waals surface area contributed by atoms with E-state index >= 15 is 0 Å². The van der Waals surface area contributed by atoms with Crippen LogP contribution in [-0.4, -0.2) is 8.42 Å². The number of rotatable bonds is 1. The third kappa shape index (κ3) is 2.13. The summed E-state index contributed by atoms with van der Waals surface area (Å²) in [7, 11) is -4.29. The zero-order valence-corrected chi connectivity index (χ0v) is 10.4. The number of hydrogen-bond acceptors (Lipinski definition) is 2. The Morgan fingerprint density at radius 3 is 2.07 bits per heavy atom. The van der Waals surface area contributed by atoms with E-state index in [2.05, 4.69) is 31.9 Å². The smallest absolute Gasteiger partial charge is 0.224 e. The van der Waals surface area contributed by atoms with Crippen LogP contribution in [0, 0.1) is 11.6 Å². The fourth-order valence-electron chi connectivity index (χ4n) is 0.810. The molecular formula is C6H3Br2F2NO2S. The second kappa shape index (κ2) is 3.84. The molecule has 8 heteroatoms. The van der Waals surface area contributed by atoms with Crippen molar-refractivity contribution in [2.75, 3.05) is 0 Å². The predicted octanol–water partition coefficient (Wildman–Crippen LogP) is 2.14. The molecule has 0 atom stereocenters. The summed E-state index contributed by atoms with van der Waals surface area (Å²) < 4.78 is 47.5. The van der Waals surface area contributed by atoms with E-state index in [-0.39, 0.29) is 8.95 Å². The van der Waals surface area contributed by atoms with Crippen molar-refractivity contribution in [2.45, 2.75) is 4.90 Å². The molecule has 0 aliphatic rings. The molecule has 0 saturated heterocycles. The van der Waals surface area contributed by atoms with Crippen LogP contribution in [0.15, 0.2) is 19.9 Å². The highest BCUT2D eigenvalue weighted by molar-refractivity contribution is 9.11. The summed E-state index contributed by atoms with van der Waals surface area (Å²) in [5, 5.41) is 4.70. The van der Waals surface area contributed by atoms with E-state index in [0.29, 0.717) is 0 Å². The molecule has 78 valence electrons. The summed E-state index contributed by atoms with van der Waals surface area (Å²) in [4.78, 5) is -0.891. The average Bonchev–Trinajstić information content (AvgIpc) is 1.97. The summed E-state index contributed by atoms with van der Waals surface area (Å²) in [5.41, 5.74) is 0. The van der Waals surface area contributed by atoms with E-state index in [1.54, 1.807) is 0 Å². The highest BCUT2D eigenvalue weighted by Gasteiger charge is 2.23. The van der Waals surface area contributed by atoms with Crippen LogP contribution in [0.5, 0.6) is 0 Å². The Kier molecular flexibility index (Phi) is 3.30. The number of hydrogen-bond donors (Lipinski definition) is 1. The minimum atomic E-state index is -4.29. The maximum Gasteiger partial charge on any atom is 0.242 e. The molecule has 3 nitrogen and oxygen atoms in total. The van der Waals surface area contributed by atoms with Crippen molar-refractivity contribution in [3.05, 3.63) is 26.6 Å². The molecule has 0 aliphatic carbocycles. The summed E-state index contributed by atoms with van der Waals surface area (Å²) in [6.07, 6.45) is 0. The van der Waals surface area contributed by atoms with Crippen molar-refractivity contribution in [3.8, 4) is 0 Å². The average molecular weight is 351 g/mol. The molecule has 1 aromatic rings. The van der Waals surface area contributed by atoms with Crippen LogP contribution in [0.25, 0.3) is 0 Å². The lowest BCUT2D eigenvalue weighted by Crippen LogP contribution is -2.15. The van der Waals surface area contributed by atoms with Gasteiger partial charge < -0.3 is 0 Å². The van der Waals surface area contributed by atoms with Gasteiger partial charge in [0.05, 0.1) is 4.47 Å². The van der Waals surface area contributed by atoms with Gasteiger partial charge in [0.2, 0.25) is 10.0 Å². The van der Waals surface area contributed by atoms with Gasteiger partial charge in [0.15, 0.2) is 11.6 Å². The molecule has 0 aliphatic heterocycles. The molecule has 0 saturated carbocycles. The van der Waals surface area contributed by atoms with Gasteiger partial charge in [-0.15, -0.1) is 0 Å². The first-order chi connectivity index (χ1) is 6.25. The van der Waals surface area contributed by atoms with Crippen LogP contribution in [0.4, 0.5) is 8.78 Å². The lowest BCUT2D eigenvalue weighted by molar-refractivity contribution is 0.479. The standard InChI is InChI=1S/C6H3Br2F2NO2S/c7-2-1-3(8)6(14(11,12)13)5(10)4(2)9/h1H,(H2,11,12,13). The normalized spacial score (nSPS) is 11.8. The SMILES string of the molecule is NS(=O)(=O)c1c(Br)cc(Br)c(F)c1F. The summed E-state index contributed by atoms with van der Waals surface area (Å²) in [6.45, 7) is 0. The highest BCUT2D eigenvalue weighted by Crippen LogP contribution is 2.30. The number of benzene rings is 1. The molecule has 0 radical (unpaired) electrons. The molecule has 0 aromatic heterocycles. The highest BCUT2D eigenvalue weighted by atomic mass is 79.9. The van der Waals surface area contributed by atoms with Gasteiger partial charge in [-0.05, 0) is 37.9 Å². The van der Waals surface area contributed by atoms with E-state index in [1.165, 1.54) is 0 Å². The van der Waals surface area contributed by atoms with Gasteiger partial charge in [0.25, 0.3) is 0 Å². The Hall–Kier alpha value is -0.0500. The van der Waals surface area contributed by atoms with Crippen molar-refractivity contribution < 1.29 is 17.2 Å². The van der Waals surface area contributed by atoms with Gasteiger partial charge >= 0.3 is 0 Å². The number of halogens is 4. The van der Waals surface area contributed by atoms with Crippen molar-refractivity contribution in [2.24, 2.45) is 5.14 Å². The first-order valence-electron chi connectivity index (χ1n) is 3.11. The molecule has 1 aromatic carbocycles. The Labute approximate surface area is 95.6 Å². The lowest BCUT2D eigenvalue weighted by atomic mass is 10.3. The van der Waals surface area contributed by atoms with Crippen LogP contribution in [0.3, 0.4) is 0 Å². The van der Waals surface area contributed by atoms with Gasteiger partial charge in [-0.25, -0.2) is 22.3 Å². The molecule has 0 bridgehead atoms. The summed E-state index contributed by atoms with van der Waals surface area (Å²) in [6, 6.07) is 1.07. The first kappa shape index (κ1) is 12.0. The van der Waals surface area contributed by atoms with E-state index in [4.69, 9.17) is 5.14 Å². The zero-order valence-electron chi connectivity index (χ0n) is 6.39. The molecule has 1 rings (SSSR count). The quantitative estimate of drug-likeness (QED) is 0.623. The van der Waals surface area contributed by atoms with Gasteiger partial charge in [0.1, 0.15) is 4.90 Å². The monoisotopic (exact) mass is 349 g/mol. The Balaban J connectivity index is 3.70. The van der Waals surface area contributed by atoms with Crippen molar-refractivity contribution >= 4 is 41.9 Å². The van der Waals surface area contributed by atoms with Crippen LogP contribution < -0.4 is 5.14 Å². The number of primary sulfonamides is 1. The third-order valence-electron chi connectivity index (χ3n) is 1.36. The third-order valence-corrected chi connectivity index (χ3v) is 3.79. The molecule has 14 heavy (non-hydrogen) atoms. The predicted molar refractivity (Wildman–Crippen MR) is 53.1 cm³/mol. The lowest BCUT2D eigenvalue weighted by Gasteiger charge is -2.05. The molecule has 2 N–H and O–H groups in total. The van der Waals surface area contributed by atoms with E-state index in [1.807, 2.05) is 0 Å². The largest absolute Gasteiger partial charge is 0.242 e. The van der Waals surface area contributed by atoms with Gasteiger partial charge in [-0.2, -0.15) is 0 Å². The molecule has 0 fully saturated rings. The minimum absolute atomic E-state index is 0.134. The molecule has 0 amide bonds. The number of nitrogens with two attached hydrogens (primary N) is 1. The van der Waals surface area contributed by atoms with Gasteiger partial charge in [-0.1, -0.05) is 0 Å². The maximum absolute atomic E-state index is 13.1. The Bertz CT molecular complexity index is 489. The minimum Gasteiger partial charge on any atom is -0.224 e. The van der Waals surface area contributed by atoms with Crippen LogP contribution in [0.2, 0.25) is 0 Å². The van der Waals surface area contributed by atoms with Gasteiger partial charge in [-0.3, -0.25) is 0 Å². The van der Waals surface area contributed by atoms with E-state index in [9.17, 15) is 17.2 Å². The topological polar surface area (TPSA) is 60.2 Å². The van der Waals surface area contributed by atoms with Crippen molar-refractivity contribution in [1.82, 2.24) is 0 Å². The van der Waals surface area contributed by atoms with Crippen molar-refractivity contribution in [3.63, 3.8) is 0 Å². The molecule has 0 spiro atoms. The van der Waals surface area contributed by atoms with Gasteiger partial charge in [0, 0.05) is 4.47 Å². The fourth-order valence-corrected chi connectivity index (χ4v) is 3.27. The second-order valence-corrected chi connectivity index (χ2v) is 5.55. The molecule has 0 heterocycles. The Morgan fingerprint density at radius 2 is 1.64 bits per heavy atom. The first-order valence-corrected chi connectivity index (χ1v) is 6.24. The molecule has 0 unspecified atom stereocenters. The summed E-state index contributed by atoms with van der Waals surface area (Å²) >= 11 is 5.49. The maximum atomic E-state index is 13.1. The zero-order chi connectivity index (χ0) is 11.1. The Morgan fingerprint density at radius 1 is 1.14 bits per heavy atom. The molecular weight excluding hydrogens is 348 g/mol. The van der Waals surface area contributed by atoms with Crippen LogP contribution >= 0.6 is 31.9 Å². The second-order valence-electron chi connectivity index (χ2n) is 2.34. The fraction of sp³-hybridized carbons (Fsp3) is 0. The number of sulfonamides is 1. The van der Waals surface area contributed by atoms with Crippen LogP contribution in [0.1, 0.15) is 0 Å². The summed E-state index contributed by atoms with van der Waals surface area (Å²) in [5.74, 6) is -2.80.